The Morgan fingerprint density at radius 1 is 1.20 bits per heavy atom. The Labute approximate surface area is 90.5 Å². The van der Waals surface area contributed by atoms with E-state index in [0.717, 1.165) is 12.8 Å². The lowest BCUT2D eigenvalue weighted by Gasteiger charge is -2.26. The van der Waals surface area contributed by atoms with Gasteiger partial charge in [0.2, 0.25) is 0 Å². The normalized spacial score (nSPS) is 38.3. The molecule has 2 atom stereocenters. The number of carbonyl (C=O) groups is 1. The first-order valence-corrected chi connectivity index (χ1v) is 7.06. The van der Waals surface area contributed by atoms with Gasteiger partial charge in [-0.05, 0) is 38.7 Å². The van der Waals surface area contributed by atoms with Crippen LogP contribution in [0.15, 0.2) is 12.2 Å². The molecule has 2 saturated heterocycles. The molecule has 15 heavy (non-hydrogen) atoms. The zero-order valence-corrected chi connectivity index (χ0v) is 9.66. The van der Waals surface area contributed by atoms with Gasteiger partial charge in [0.05, 0.1) is 10.5 Å². The molecule has 0 aliphatic carbocycles. The van der Waals surface area contributed by atoms with Crippen LogP contribution in [0.25, 0.3) is 0 Å². The minimum absolute atomic E-state index is 0.0535. The van der Waals surface area contributed by atoms with Gasteiger partial charge in [-0.3, -0.25) is 4.79 Å². The second-order valence-corrected chi connectivity index (χ2v) is 6.99. The molecular formula is C11H16O3S. The Bertz CT molecular complexity index is 374. The molecule has 2 bridgehead atoms. The minimum Gasteiger partial charge on any atom is -0.295 e. The van der Waals surface area contributed by atoms with Crippen LogP contribution in [0, 0.1) is 5.92 Å². The summed E-state index contributed by atoms with van der Waals surface area (Å²) >= 11 is 0. The van der Waals surface area contributed by atoms with Crippen molar-refractivity contribution in [2.24, 2.45) is 5.92 Å². The largest absolute Gasteiger partial charge is 0.295 e. The van der Waals surface area contributed by atoms with Crippen molar-refractivity contribution in [1.29, 1.82) is 0 Å². The fourth-order valence-electron chi connectivity index (χ4n) is 2.74. The third kappa shape index (κ3) is 1.75. The van der Waals surface area contributed by atoms with Crippen LogP contribution in [0.3, 0.4) is 0 Å². The van der Waals surface area contributed by atoms with Crippen LogP contribution >= 0.6 is 0 Å². The summed E-state index contributed by atoms with van der Waals surface area (Å²) in [6.07, 6.45) is 5.90. The summed E-state index contributed by atoms with van der Waals surface area (Å²) in [7, 11) is -2.89. The molecule has 0 N–H and O–H groups in total. The highest BCUT2D eigenvalue weighted by Crippen LogP contribution is 2.41. The maximum Gasteiger partial charge on any atom is 0.158 e. The maximum atomic E-state index is 11.8. The molecule has 2 unspecified atom stereocenters. The van der Waals surface area contributed by atoms with Crippen LogP contribution in [0.1, 0.15) is 32.6 Å². The van der Waals surface area contributed by atoms with Gasteiger partial charge in [0, 0.05) is 5.92 Å². The third-order valence-corrected chi connectivity index (χ3v) is 6.28. The SMILES string of the molecule is C/C=C\C(=O)C1CC2CCC(C1)S2(=O)=O. The minimum atomic E-state index is -2.89. The summed E-state index contributed by atoms with van der Waals surface area (Å²) in [6.45, 7) is 1.81. The van der Waals surface area contributed by atoms with E-state index in [4.69, 9.17) is 0 Å². The fraction of sp³-hybridized carbons (Fsp3) is 0.727. The van der Waals surface area contributed by atoms with Crippen LogP contribution in [0.4, 0.5) is 0 Å². The van der Waals surface area contributed by atoms with Crippen LogP contribution < -0.4 is 0 Å². The summed E-state index contributed by atoms with van der Waals surface area (Å²) in [4.78, 5) is 11.6. The van der Waals surface area contributed by atoms with Gasteiger partial charge >= 0.3 is 0 Å². The van der Waals surface area contributed by atoms with Crippen LogP contribution in [0.2, 0.25) is 0 Å². The molecule has 84 valence electrons. The van der Waals surface area contributed by atoms with Gasteiger partial charge in [0.25, 0.3) is 0 Å². The average Bonchev–Trinajstić information content (AvgIpc) is 2.42. The smallest absolute Gasteiger partial charge is 0.158 e. The maximum absolute atomic E-state index is 11.8. The van der Waals surface area contributed by atoms with Crippen molar-refractivity contribution >= 4 is 15.6 Å². The third-order valence-electron chi connectivity index (χ3n) is 3.57. The van der Waals surface area contributed by atoms with Gasteiger partial charge in [0.15, 0.2) is 15.6 Å². The van der Waals surface area contributed by atoms with Crippen LogP contribution in [-0.2, 0) is 14.6 Å². The van der Waals surface area contributed by atoms with E-state index in [1.165, 1.54) is 0 Å². The molecule has 0 aromatic carbocycles. The molecule has 0 amide bonds. The summed E-state index contributed by atoms with van der Waals surface area (Å²) in [5.74, 6) is 0.0477. The first-order valence-electron chi connectivity index (χ1n) is 5.45. The number of hydrogen-bond acceptors (Lipinski definition) is 3. The standard InChI is InChI=1S/C11H16O3S/c1-2-3-11(12)8-6-9-4-5-10(7-8)15(9,13)14/h2-3,8-10H,4-7H2,1H3/b3-2-. The summed E-state index contributed by atoms with van der Waals surface area (Å²) < 4.78 is 23.5. The zero-order chi connectivity index (χ0) is 11.1. The van der Waals surface area contributed by atoms with Crippen molar-refractivity contribution in [2.75, 3.05) is 0 Å². The molecule has 0 saturated carbocycles. The van der Waals surface area contributed by atoms with E-state index in [1.807, 2.05) is 6.92 Å². The molecule has 2 aliphatic rings. The van der Waals surface area contributed by atoms with Crippen LogP contribution in [-0.4, -0.2) is 24.7 Å². The lowest BCUT2D eigenvalue weighted by molar-refractivity contribution is -0.118. The number of hydrogen-bond donors (Lipinski definition) is 0. The highest BCUT2D eigenvalue weighted by molar-refractivity contribution is 7.93. The van der Waals surface area contributed by atoms with Gasteiger partial charge in [-0.15, -0.1) is 0 Å². The van der Waals surface area contributed by atoms with Crippen molar-refractivity contribution in [1.82, 2.24) is 0 Å². The number of fused-ring (bicyclic) bond motifs is 2. The van der Waals surface area contributed by atoms with Crippen molar-refractivity contribution in [3.05, 3.63) is 12.2 Å². The number of allylic oxidation sites excluding steroid dienone is 2. The Hall–Kier alpha value is -0.640. The highest BCUT2D eigenvalue weighted by Gasteiger charge is 2.47. The Balaban J connectivity index is 2.16. The second-order valence-electron chi connectivity index (χ2n) is 4.48. The van der Waals surface area contributed by atoms with E-state index in [2.05, 4.69) is 0 Å². The quantitative estimate of drug-likeness (QED) is 0.673. The molecule has 0 radical (unpaired) electrons. The van der Waals surface area contributed by atoms with E-state index < -0.39 is 9.84 Å². The first kappa shape index (κ1) is 10.9. The molecule has 2 aliphatic heterocycles. The lowest BCUT2D eigenvalue weighted by atomic mass is 9.94. The molecule has 2 rings (SSSR count). The van der Waals surface area contributed by atoms with Crippen molar-refractivity contribution < 1.29 is 13.2 Å². The molecule has 3 nitrogen and oxygen atoms in total. The Morgan fingerprint density at radius 2 is 1.73 bits per heavy atom. The molecule has 0 spiro atoms. The number of rotatable bonds is 2. The monoisotopic (exact) mass is 228 g/mol. The topological polar surface area (TPSA) is 51.2 Å². The number of carbonyl (C=O) groups excluding carboxylic acids is 1. The number of ketones is 1. The molecule has 0 aromatic heterocycles. The molecular weight excluding hydrogens is 212 g/mol. The summed E-state index contributed by atoms with van der Waals surface area (Å²) in [6, 6.07) is 0. The van der Waals surface area contributed by atoms with Gasteiger partial charge in [-0.2, -0.15) is 0 Å². The highest BCUT2D eigenvalue weighted by atomic mass is 32.2. The van der Waals surface area contributed by atoms with Crippen molar-refractivity contribution in [3.63, 3.8) is 0 Å². The van der Waals surface area contributed by atoms with Gasteiger partial charge in [-0.25, -0.2) is 8.42 Å². The van der Waals surface area contributed by atoms with Crippen molar-refractivity contribution in [3.8, 4) is 0 Å². The summed E-state index contributed by atoms with van der Waals surface area (Å²) in [5.41, 5.74) is 0. The van der Waals surface area contributed by atoms with E-state index in [-0.39, 0.29) is 22.2 Å². The molecule has 0 aromatic rings. The Morgan fingerprint density at radius 3 is 2.20 bits per heavy atom. The Kier molecular flexibility index (Phi) is 2.71. The van der Waals surface area contributed by atoms with E-state index >= 15 is 0 Å². The van der Waals surface area contributed by atoms with Gasteiger partial charge in [0.1, 0.15) is 0 Å². The predicted octanol–water partition coefficient (Wildman–Crippen LogP) is 1.49. The predicted molar refractivity (Wildman–Crippen MR) is 58.3 cm³/mol. The van der Waals surface area contributed by atoms with E-state index in [0.29, 0.717) is 12.8 Å². The van der Waals surface area contributed by atoms with Gasteiger partial charge in [-0.1, -0.05) is 6.08 Å². The van der Waals surface area contributed by atoms with Crippen molar-refractivity contribution in [2.45, 2.75) is 43.1 Å². The second kappa shape index (κ2) is 3.74. The van der Waals surface area contributed by atoms with Crippen LogP contribution in [0.5, 0.6) is 0 Å². The number of sulfone groups is 1. The first-order chi connectivity index (χ1) is 7.05. The van der Waals surface area contributed by atoms with Gasteiger partial charge < -0.3 is 0 Å². The summed E-state index contributed by atoms with van der Waals surface area (Å²) in [5, 5.41) is -0.481. The zero-order valence-electron chi connectivity index (χ0n) is 8.85. The molecule has 4 heteroatoms. The van der Waals surface area contributed by atoms with E-state index in [1.54, 1.807) is 12.2 Å². The fourth-order valence-corrected chi connectivity index (χ4v) is 5.21. The molecule has 2 fully saturated rings. The average molecular weight is 228 g/mol. The van der Waals surface area contributed by atoms with E-state index in [9.17, 15) is 13.2 Å². The lowest BCUT2D eigenvalue weighted by Crippen LogP contribution is -2.35. The molecule has 2 heterocycles.